The molecule has 1 atom stereocenters. The van der Waals surface area contributed by atoms with Gasteiger partial charge in [-0.25, -0.2) is 0 Å². The van der Waals surface area contributed by atoms with Gasteiger partial charge in [-0.3, -0.25) is 14.3 Å². The average molecular weight is 274 g/mol. The highest BCUT2D eigenvalue weighted by molar-refractivity contribution is 8.00. The van der Waals surface area contributed by atoms with Crippen LogP contribution in [0.5, 0.6) is 0 Å². The number of rotatable bonds is 5. The number of hydrogen-bond acceptors (Lipinski definition) is 6. The zero-order valence-electron chi connectivity index (χ0n) is 8.74. The third-order valence-electron chi connectivity index (χ3n) is 1.80. The quantitative estimate of drug-likeness (QED) is 0.431. The van der Waals surface area contributed by atoms with E-state index in [1.807, 2.05) is 0 Å². The van der Waals surface area contributed by atoms with Crippen LogP contribution in [-0.2, 0) is 15.6 Å². The number of hydrogen-bond donors (Lipinski definition) is 0. The van der Waals surface area contributed by atoms with E-state index in [0.29, 0.717) is 4.90 Å². The maximum Gasteiger partial charge on any atom is 0.284 e. The molecule has 0 aliphatic heterocycles. The van der Waals surface area contributed by atoms with Crippen LogP contribution in [0.4, 0.5) is 5.69 Å². The Labute approximate surface area is 104 Å². The van der Waals surface area contributed by atoms with Crippen LogP contribution in [0.3, 0.4) is 0 Å². The molecule has 92 valence electrons. The monoisotopic (exact) mass is 274 g/mol. The number of nitro groups is 1. The van der Waals surface area contributed by atoms with Crippen molar-refractivity contribution >= 4 is 34.2 Å². The van der Waals surface area contributed by atoms with Crippen LogP contribution in [0.25, 0.3) is 0 Å². The Morgan fingerprint density at radius 1 is 1.53 bits per heavy atom. The molecule has 0 radical (unpaired) electrons. The summed E-state index contributed by atoms with van der Waals surface area (Å²) in [6.45, 7) is 0. The largest absolute Gasteiger partial charge is 0.549 e. The number of aliphatic carboxylic acids is 1. The highest BCUT2D eigenvalue weighted by Crippen LogP contribution is 2.30. The first-order chi connectivity index (χ1) is 7.91. The summed E-state index contributed by atoms with van der Waals surface area (Å²) in [5.41, 5.74) is -0.246. The third kappa shape index (κ3) is 3.82. The first-order valence-corrected chi connectivity index (χ1v) is 6.90. The summed E-state index contributed by atoms with van der Waals surface area (Å²) in [7, 11) is -1.32. The normalized spacial score (nSPS) is 12.1. The van der Waals surface area contributed by atoms with Gasteiger partial charge < -0.3 is 9.90 Å². The zero-order valence-corrected chi connectivity index (χ0v) is 10.4. The minimum atomic E-state index is -1.32. The Morgan fingerprint density at radius 3 is 2.65 bits per heavy atom. The van der Waals surface area contributed by atoms with E-state index in [-0.39, 0.29) is 16.3 Å². The molecule has 0 saturated heterocycles. The van der Waals surface area contributed by atoms with Crippen molar-refractivity contribution in [3.8, 4) is 0 Å². The van der Waals surface area contributed by atoms with Gasteiger partial charge in [-0.1, -0.05) is 0 Å². The lowest BCUT2D eigenvalue weighted by Crippen LogP contribution is -2.24. The van der Waals surface area contributed by atoms with E-state index < -0.39 is 21.7 Å². The second-order valence-electron chi connectivity index (χ2n) is 3.00. The number of nitrogens with zero attached hydrogens (tertiary/aromatic N) is 1. The molecule has 0 N–H and O–H groups in total. The first-order valence-electron chi connectivity index (χ1n) is 4.36. The fourth-order valence-electron chi connectivity index (χ4n) is 1.08. The number of carbonyl (C=O) groups is 1. The van der Waals surface area contributed by atoms with Gasteiger partial charge in [-0.05, 0) is 12.1 Å². The van der Waals surface area contributed by atoms with E-state index in [9.17, 15) is 24.2 Å². The van der Waals surface area contributed by atoms with Gasteiger partial charge in [0.15, 0.2) is 0 Å². The summed E-state index contributed by atoms with van der Waals surface area (Å²) in [5, 5.41) is 21.0. The van der Waals surface area contributed by atoms with Gasteiger partial charge in [-0.15, -0.1) is 11.8 Å². The molecule has 0 bridgehead atoms. The van der Waals surface area contributed by atoms with E-state index in [4.69, 9.17) is 0 Å². The van der Waals surface area contributed by atoms with Crippen molar-refractivity contribution in [3.05, 3.63) is 28.3 Å². The summed E-state index contributed by atoms with van der Waals surface area (Å²) < 4.78 is 11.2. The van der Waals surface area contributed by atoms with Crippen LogP contribution >= 0.6 is 11.8 Å². The molecule has 0 heterocycles. The predicted molar refractivity (Wildman–Crippen MR) is 61.2 cm³/mol. The lowest BCUT2D eigenvalue weighted by molar-refractivity contribution is -0.387. The highest BCUT2D eigenvalue weighted by Gasteiger charge is 2.16. The summed E-state index contributed by atoms with van der Waals surface area (Å²) in [6.07, 6.45) is 1.41. The van der Waals surface area contributed by atoms with Crippen molar-refractivity contribution in [2.24, 2.45) is 0 Å². The van der Waals surface area contributed by atoms with E-state index in [0.717, 1.165) is 11.8 Å². The van der Waals surface area contributed by atoms with Gasteiger partial charge in [-0.2, -0.15) is 0 Å². The Hall–Kier alpha value is -1.41. The van der Waals surface area contributed by atoms with Crippen LogP contribution in [0, 0.1) is 10.1 Å². The topological polar surface area (TPSA) is 100 Å². The van der Waals surface area contributed by atoms with E-state index in [2.05, 4.69) is 0 Å². The summed E-state index contributed by atoms with van der Waals surface area (Å²) in [5.74, 6) is -1.66. The fourth-order valence-corrected chi connectivity index (χ4v) is 2.33. The van der Waals surface area contributed by atoms with Crippen LogP contribution in [-0.4, -0.2) is 27.1 Å². The molecule has 0 saturated carbocycles. The average Bonchev–Trinajstić information content (AvgIpc) is 2.25. The maximum atomic E-state index is 11.2. The van der Waals surface area contributed by atoms with E-state index >= 15 is 0 Å². The summed E-state index contributed by atoms with van der Waals surface area (Å²) >= 11 is 0.801. The number of carboxylic acids is 1. The molecular formula is C9H8NO5S2-. The molecule has 0 aliphatic carbocycles. The Morgan fingerprint density at radius 2 is 2.18 bits per heavy atom. The van der Waals surface area contributed by atoms with Crippen LogP contribution in [0.1, 0.15) is 0 Å². The lowest BCUT2D eigenvalue weighted by Gasteiger charge is -2.05. The van der Waals surface area contributed by atoms with Crippen molar-refractivity contribution < 1.29 is 19.0 Å². The number of carbonyl (C=O) groups excluding carboxylic acids is 1. The third-order valence-corrected chi connectivity index (χ3v) is 3.76. The number of thioether (sulfide) groups is 1. The first kappa shape index (κ1) is 13.7. The smallest absolute Gasteiger partial charge is 0.284 e. The van der Waals surface area contributed by atoms with Gasteiger partial charge in [0, 0.05) is 23.0 Å². The number of benzene rings is 1. The van der Waals surface area contributed by atoms with Gasteiger partial charge in [0.2, 0.25) is 0 Å². The summed E-state index contributed by atoms with van der Waals surface area (Å²) in [6, 6.07) is 4.05. The minimum Gasteiger partial charge on any atom is -0.549 e. The number of carboxylic acid groups (broad SMARTS) is 1. The van der Waals surface area contributed by atoms with Crippen LogP contribution in [0.15, 0.2) is 28.0 Å². The molecular weight excluding hydrogens is 266 g/mol. The fraction of sp³-hybridized carbons (Fsp3) is 0.222. The second-order valence-corrected chi connectivity index (χ2v) is 5.40. The van der Waals surface area contributed by atoms with Crippen molar-refractivity contribution in [3.63, 3.8) is 0 Å². The van der Waals surface area contributed by atoms with Gasteiger partial charge in [0.05, 0.1) is 26.6 Å². The number of nitro benzene ring substituents is 1. The van der Waals surface area contributed by atoms with Crippen molar-refractivity contribution in [1.82, 2.24) is 0 Å². The molecule has 0 fully saturated rings. The molecule has 1 aromatic carbocycles. The van der Waals surface area contributed by atoms with Crippen LogP contribution in [0.2, 0.25) is 0 Å². The Balaban J connectivity index is 3.08. The molecule has 1 rings (SSSR count). The molecule has 8 heteroatoms. The maximum absolute atomic E-state index is 11.2. The Bertz CT molecular complexity index is 488. The molecule has 0 aliphatic rings. The zero-order chi connectivity index (χ0) is 13.0. The van der Waals surface area contributed by atoms with Crippen molar-refractivity contribution in [2.75, 3.05) is 12.0 Å². The van der Waals surface area contributed by atoms with E-state index in [1.54, 1.807) is 0 Å². The molecule has 0 spiro atoms. The molecule has 0 amide bonds. The van der Waals surface area contributed by atoms with Crippen molar-refractivity contribution in [2.45, 2.75) is 9.79 Å². The molecule has 17 heavy (non-hydrogen) atoms. The highest BCUT2D eigenvalue weighted by atomic mass is 32.2. The summed E-state index contributed by atoms with van der Waals surface area (Å²) in [4.78, 5) is 21.0. The van der Waals surface area contributed by atoms with E-state index in [1.165, 1.54) is 24.5 Å². The molecule has 1 aromatic rings. The van der Waals surface area contributed by atoms with Crippen molar-refractivity contribution in [1.29, 1.82) is 0 Å². The predicted octanol–water partition coefficient (Wildman–Crippen LogP) is 0.174. The molecule has 6 nitrogen and oxygen atoms in total. The Kier molecular flexibility index (Phi) is 4.64. The minimum absolute atomic E-state index is 0.216. The van der Waals surface area contributed by atoms with Crippen LogP contribution < -0.4 is 5.11 Å². The standard InChI is InChI=1S/C9H9NO5S2/c1-17(15)6-2-3-8(16-5-9(11)12)7(4-6)10(13)14/h2-4H,5H2,1H3,(H,11,12)/p-1/t17-/m0/s1. The molecule has 0 aromatic heterocycles. The SMILES string of the molecule is C[S@](=O)c1ccc(SCC(=O)[O-])c([N+](=O)[O-])c1. The molecule has 0 unspecified atom stereocenters. The van der Waals surface area contributed by atoms with Gasteiger partial charge >= 0.3 is 0 Å². The van der Waals surface area contributed by atoms with Gasteiger partial charge in [0.25, 0.3) is 5.69 Å². The second kappa shape index (κ2) is 5.78. The van der Waals surface area contributed by atoms with Gasteiger partial charge in [0.1, 0.15) is 0 Å². The lowest BCUT2D eigenvalue weighted by atomic mass is 10.3.